The summed E-state index contributed by atoms with van der Waals surface area (Å²) in [7, 11) is 5.60. The number of hydrogen-bond acceptors (Lipinski definition) is 10. The van der Waals surface area contributed by atoms with Crippen molar-refractivity contribution < 1.29 is 42.9 Å². The van der Waals surface area contributed by atoms with E-state index in [-0.39, 0.29) is 23.9 Å². The van der Waals surface area contributed by atoms with Crippen LogP contribution in [0, 0.1) is 0 Å². The predicted molar refractivity (Wildman–Crippen MR) is 227 cm³/mol. The monoisotopic (exact) mass is 823 g/mol. The van der Waals surface area contributed by atoms with Crippen LogP contribution in [0.2, 0.25) is 0 Å². The smallest absolute Gasteiger partial charge is 0.407 e. The van der Waals surface area contributed by atoms with E-state index >= 15 is 0 Å². The van der Waals surface area contributed by atoms with Gasteiger partial charge in [0.2, 0.25) is 11.8 Å². The van der Waals surface area contributed by atoms with Crippen molar-refractivity contribution >= 4 is 40.9 Å². The first-order chi connectivity index (χ1) is 29.1. The van der Waals surface area contributed by atoms with Crippen LogP contribution in [-0.4, -0.2) is 131 Å². The van der Waals surface area contributed by atoms with Crippen molar-refractivity contribution in [2.75, 3.05) is 54.7 Å². The van der Waals surface area contributed by atoms with Gasteiger partial charge in [-0.15, -0.1) is 0 Å². The average Bonchev–Trinajstić information content (AvgIpc) is 4.13. The number of rotatable bonds is 13. The van der Waals surface area contributed by atoms with E-state index in [9.17, 15) is 19.2 Å². The molecule has 4 aliphatic heterocycles. The summed E-state index contributed by atoms with van der Waals surface area (Å²) in [6, 6.07) is 15.2. The Balaban J connectivity index is 1.00. The van der Waals surface area contributed by atoms with Gasteiger partial charge in [0.25, 0.3) is 0 Å². The molecule has 3 saturated heterocycles. The van der Waals surface area contributed by atoms with Crippen molar-refractivity contribution in [3.8, 4) is 11.1 Å². The molecule has 2 N–H and O–H groups in total. The van der Waals surface area contributed by atoms with Crippen molar-refractivity contribution in [3.63, 3.8) is 0 Å². The Labute approximate surface area is 352 Å². The molecule has 60 heavy (non-hydrogen) atoms. The largest absolute Gasteiger partial charge is 0.453 e. The highest BCUT2D eigenvalue weighted by atomic mass is 16.5. The number of likely N-dealkylation sites (tertiary alicyclic amines) is 2. The van der Waals surface area contributed by atoms with Crippen molar-refractivity contribution in [2.45, 2.75) is 95.2 Å². The maximum atomic E-state index is 13.9. The number of amides is 4. The molecular formula is C46H57N5O9. The van der Waals surface area contributed by atoms with Crippen LogP contribution in [-0.2, 0) is 33.3 Å². The fourth-order valence-corrected chi connectivity index (χ4v) is 9.25. The topological polar surface area (TPSA) is 157 Å². The van der Waals surface area contributed by atoms with Gasteiger partial charge in [-0.25, -0.2) is 9.59 Å². The summed E-state index contributed by atoms with van der Waals surface area (Å²) in [4.78, 5) is 60.6. The van der Waals surface area contributed by atoms with Gasteiger partial charge in [0, 0.05) is 45.6 Å². The normalized spacial score (nSPS) is 22.2. The standard InChI is InChI=1S/C46H57N5O9/c1-27(56-3)41(48-45(54)58-5)43(52)50-21-9-11-39(50)35-23-34(36-25-60-26-37(35)36)32-18-16-30(17-19-32)29-12-14-31(15-13-29)33-22-38(47-24-33)40-10-7-8-20-51(40)44(53)42(28(2)57-4)49-46(55)59-6/h12-19,24,27-28,39-42H,7-11,20-23,25-26H2,1-6H3,(H,48,54)(H,49,55)/t27-,28-,39+,40+,41+,42+/m1/s1. The molecule has 0 unspecified atom stereocenters. The lowest BCUT2D eigenvalue weighted by atomic mass is 9.91. The summed E-state index contributed by atoms with van der Waals surface area (Å²) in [5.74, 6) is -0.373. The third-order valence-corrected chi connectivity index (χ3v) is 12.8. The fourth-order valence-electron chi connectivity index (χ4n) is 9.25. The third-order valence-electron chi connectivity index (χ3n) is 12.8. The number of nitrogens with zero attached hydrogens (tertiary/aromatic N) is 3. The Hall–Kier alpha value is -5.31. The molecule has 0 bridgehead atoms. The maximum Gasteiger partial charge on any atom is 0.407 e. The first-order valence-electron chi connectivity index (χ1n) is 20.9. The Morgan fingerprint density at radius 3 is 1.75 bits per heavy atom. The molecule has 4 amide bonds. The number of nitrogens with one attached hydrogen (secondary N) is 2. The number of ether oxygens (including phenoxy) is 5. The lowest BCUT2D eigenvalue weighted by Crippen LogP contribution is -2.58. The van der Waals surface area contributed by atoms with Gasteiger partial charge in [-0.05, 0) is 102 Å². The Morgan fingerprint density at radius 1 is 0.650 bits per heavy atom. The van der Waals surface area contributed by atoms with E-state index < -0.39 is 36.5 Å². The van der Waals surface area contributed by atoms with Crippen LogP contribution in [0.1, 0.15) is 69.9 Å². The van der Waals surface area contributed by atoms with Gasteiger partial charge in [-0.1, -0.05) is 48.5 Å². The predicted octanol–water partition coefficient (Wildman–Crippen LogP) is 5.91. The maximum absolute atomic E-state index is 13.9. The van der Waals surface area contributed by atoms with Gasteiger partial charge >= 0.3 is 12.2 Å². The van der Waals surface area contributed by atoms with E-state index in [0.29, 0.717) is 32.7 Å². The number of fused-ring (bicyclic) bond motifs is 1. The zero-order valence-electron chi connectivity index (χ0n) is 35.5. The number of methoxy groups -OCH3 is 4. The molecule has 6 atom stereocenters. The lowest BCUT2D eigenvalue weighted by molar-refractivity contribution is -0.139. The number of hydrogen-bond donors (Lipinski definition) is 2. The molecule has 14 nitrogen and oxygen atoms in total. The summed E-state index contributed by atoms with van der Waals surface area (Å²) < 4.78 is 26.5. The molecule has 0 radical (unpaired) electrons. The highest BCUT2D eigenvalue weighted by Crippen LogP contribution is 2.46. The van der Waals surface area contributed by atoms with E-state index in [1.165, 1.54) is 50.7 Å². The van der Waals surface area contributed by atoms with Gasteiger partial charge in [0.15, 0.2) is 0 Å². The molecule has 0 spiro atoms. The van der Waals surface area contributed by atoms with Crippen molar-refractivity contribution in [1.29, 1.82) is 0 Å². The summed E-state index contributed by atoms with van der Waals surface area (Å²) in [6.07, 6.45) is 5.28. The molecule has 4 heterocycles. The van der Waals surface area contributed by atoms with Crippen molar-refractivity contribution in [1.82, 2.24) is 20.4 Å². The number of carbonyl (C=O) groups excluding carboxylic acids is 4. The van der Waals surface area contributed by atoms with Crippen LogP contribution in [0.4, 0.5) is 9.59 Å². The fraction of sp³-hybridized carbons (Fsp3) is 0.500. The van der Waals surface area contributed by atoms with E-state index in [1.54, 1.807) is 13.8 Å². The van der Waals surface area contributed by atoms with Gasteiger partial charge in [0.05, 0.1) is 51.7 Å². The summed E-state index contributed by atoms with van der Waals surface area (Å²) in [6.45, 7) is 5.79. The van der Waals surface area contributed by atoms with Crippen molar-refractivity contribution in [3.05, 3.63) is 82.6 Å². The van der Waals surface area contributed by atoms with Gasteiger partial charge in [-0.3, -0.25) is 14.6 Å². The average molecular weight is 824 g/mol. The van der Waals surface area contributed by atoms with Gasteiger partial charge < -0.3 is 44.1 Å². The number of piperidine rings is 1. The Morgan fingerprint density at radius 2 is 1.17 bits per heavy atom. The molecule has 14 heteroatoms. The van der Waals surface area contributed by atoms with Crippen molar-refractivity contribution in [2.24, 2.45) is 4.99 Å². The first-order valence-corrected chi connectivity index (χ1v) is 20.9. The third kappa shape index (κ3) is 8.77. The lowest BCUT2D eigenvalue weighted by Gasteiger charge is -2.39. The number of aliphatic imine (C=N–C) groups is 1. The zero-order valence-corrected chi connectivity index (χ0v) is 35.5. The molecule has 0 saturated carbocycles. The molecule has 2 aromatic carbocycles. The summed E-state index contributed by atoms with van der Waals surface area (Å²) >= 11 is 0. The molecule has 320 valence electrons. The summed E-state index contributed by atoms with van der Waals surface area (Å²) in [5, 5.41) is 5.36. The van der Waals surface area contributed by atoms with Crippen LogP contribution in [0.15, 0.2) is 76.4 Å². The number of benzene rings is 2. The molecule has 5 aliphatic rings. The van der Waals surface area contributed by atoms with E-state index in [1.807, 2.05) is 16.0 Å². The molecular weight excluding hydrogens is 767 g/mol. The minimum Gasteiger partial charge on any atom is -0.453 e. The first kappa shape index (κ1) is 42.8. The minimum atomic E-state index is -0.874. The van der Waals surface area contributed by atoms with Crippen LogP contribution in [0.3, 0.4) is 0 Å². The van der Waals surface area contributed by atoms with E-state index in [0.717, 1.165) is 72.1 Å². The second kappa shape index (κ2) is 18.9. The second-order valence-electron chi connectivity index (χ2n) is 16.1. The van der Waals surface area contributed by atoms with E-state index in [2.05, 4.69) is 59.2 Å². The van der Waals surface area contributed by atoms with Crippen LogP contribution < -0.4 is 10.6 Å². The molecule has 7 rings (SSSR count). The SMILES string of the molecule is COC(=O)N[C@H](C(=O)N1CCCC[C@H]1C1=NC=C(c2ccc(-c3ccc(C4=C5COCC5=C([C@@H]5CCCN5C(=O)[C@@H](NC(=O)OC)[C@@H](C)OC)C4)cc3)cc2)C1)[C@@H](C)OC. The summed E-state index contributed by atoms with van der Waals surface area (Å²) in [5.41, 5.74) is 11.3. The Bertz CT molecular complexity index is 2070. The van der Waals surface area contributed by atoms with E-state index in [4.69, 9.17) is 28.7 Å². The number of carbonyl (C=O) groups is 4. The highest BCUT2D eigenvalue weighted by Gasteiger charge is 2.42. The molecule has 3 fully saturated rings. The van der Waals surface area contributed by atoms with Crippen LogP contribution in [0.25, 0.3) is 22.3 Å². The Kier molecular flexibility index (Phi) is 13.5. The zero-order chi connectivity index (χ0) is 42.5. The highest BCUT2D eigenvalue weighted by molar-refractivity contribution is 6.03. The number of allylic oxidation sites excluding steroid dienone is 2. The number of alkyl carbamates (subject to hydrolysis) is 2. The second-order valence-corrected chi connectivity index (χ2v) is 16.1. The van der Waals surface area contributed by atoms with Gasteiger partial charge in [-0.2, -0.15) is 0 Å². The van der Waals surface area contributed by atoms with Crippen LogP contribution in [0.5, 0.6) is 0 Å². The van der Waals surface area contributed by atoms with Crippen LogP contribution >= 0.6 is 0 Å². The molecule has 0 aromatic heterocycles. The molecule has 1 aliphatic carbocycles. The van der Waals surface area contributed by atoms with Gasteiger partial charge in [0.1, 0.15) is 12.1 Å². The quantitative estimate of drug-likeness (QED) is 0.251. The minimum absolute atomic E-state index is 0.0848. The molecule has 2 aromatic rings.